The summed E-state index contributed by atoms with van der Waals surface area (Å²) in [5.41, 5.74) is 4.97. The van der Waals surface area contributed by atoms with E-state index in [0.717, 1.165) is 61.8 Å². The van der Waals surface area contributed by atoms with Gasteiger partial charge >= 0.3 is 0 Å². The summed E-state index contributed by atoms with van der Waals surface area (Å²) in [6.45, 7) is 5.65. The van der Waals surface area contributed by atoms with E-state index in [1.165, 1.54) is 11.1 Å². The normalized spacial score (nSPS) is 14.0. The van der Waals surface area contributed by atoms with Gasteiger partial charge in [-0.05, 0) is 36.6 Å². The fourth-order valence-corrected chi connectivity index (χ4v) is 3.49. The topological polar surface area (TPSA) is 56.3 Å². The Morgan fingerprint density at radius 1 is 1.15 bits per heavy atom. The molecule has 0 unspecified atom stereocenters. The fourth-order valence-electron chi connectivity index (χ4n) is 3.49. The summed E-state index contributed by atoms with van der Waals surface area (Å²) < 4.78 is 0. The number of nitrogens with zero attached hydrogens (tertiary/aromatic N) is 3. The number of para-hydroxylation sites is 2. The highest BCUT2D eigenvalue weighted by molar-refractivity contribution is 14.0. The van der Waals surface area contributed by atoms with Crippen molar-refractivity contribution in [3.8, 4) is 0 Å². The van der Waals surface area contributed by atoms with E-state index in [-0.39, 0.29) is 24.0 Å². The number of aromatic amines is 1. The van der Waals surface area contributed by atoms with E-state index < -0.39 is 0 Å². The van der Waals surface area contributed by atoms with Crippen molar-refractivity contribution in [2.75, 3.05) is 19.6 Å². The number of fused-ring (bicyclic) bond motifs is 2. The first kappa shape index (κ1) is 19.7. The highest BCUT2D eigenvalue weighted by atomic mass is 127. The Bertz CT molecular complexity index is 885. The lowest BCUT2D eigenvalue weighted by atomic mass is 10.0. The Kier molecular flexibility index (Phi) is 6.71. The number of guanidine groups is 1. The molecule has 4 rings (SSSR count). The molecule has 0 fully saturated rings. The van der Waals surface area contributed by atoms with Crippen LogP contribution in [0.15, 0.2) is 53.5 Å². The van der Waals surface area contributed by atoms with E-state index in [1.807, 2.05) is 18.2 Å². The van der Waals surface area contributed by atoms with E-state index in [4.69, 9.17) is 4.99 Å². The molecule has 5 nitrogen and oxygen atoms in total. The van der Waals surface area contributed by atoms with Crippen molar-refractivity contribution in [2.45, 2.75) is 26.3 Å². The lowest BCUT2D eigenvalue weighted by molar-refractivity contribution is 0.379. The van der Waals surface area contributed by atoms with Crippen LogP contribution in [0, 0.1) is 0 Å². The second-order valence-electron chi connectivity index (χ2n) is 6.63. The third-order valence-corrected chi connectivity index (χ3v) is 4.81. The summed E-state index contributed by atoms with van der Waals surface area (Å²) in [5.74, 6) is 1.99. The molecule has 27 heavy (non-hydrogen) atoms. The van der Waals surface area contributed by atoms with Crippen LogP contribution >= 0.6 is 24.0 Å². The van der Waals surface area contributed by atoms with Crippen LogP contribution in [0.25, 0.3) is 11.0 Å². The number of benzene rings is 2. The molecular formula is C21H26IN5. The third kappa shape index (κ3) is 4.61. The maximum atomic E-state index is 4.85. The molecule has 2 heterocycles. The van der Waals surface area contributed by atoms with Crippen molar-refractivity contribution in [3.63, 3.8) is 0 Å². The molecule has 3 aromatic rings. The van der Waals surface area contributed by atoms with Gasteiger partial charge in [0.2, 0.25) is 0 Å². The maximum Gasteiger partial charge on any atom is 0.194 e. The van der Waals surface area contributed by atoms with Crippen molar-refractivity contribution in [1.82, 2.24) is 20.2 Å². The van der Waals surface area contributed by atoms with E-state index >= 15 is 0 Å². The third-order valence-electron chi connectivity index (χ3n) is 4.81. The molecule has 0 amide bonds. The van der Waals surface area contributed by atoms with Crippen LogP contribution in [0.3, 0.4) is 0 Å². The first-order valence-electron chi connectivity index (χ1n) is 9.37. The van der Waals surface area contributed by atoms with Crippen LogP contribution in [-0.4, -0.2) is 40.5 Å². The number of halogens is 1. The average Bonchev–Trinajstić information content (AvgIpc) is 3.10. The van der Waals surface area contributed by atoms with Crippen LogP contribution in [0.1, 0.15) is 23.9 Å². The zero-order valence-corrected chi connectivity index (χ0v) is 17.9. The molecule has 1 aliphatic rings. The molecule has 0 bridgehead atoms. The maximum absolute atomic E-state index is 4.85. The SMILES string of the molecule is CCNC(=NCCc1nc2ccccc2[nH]1)N1CCc2ccccc2C1.I. The molecule has 142 valence electrons. The number of imidazole rings is 1. The van der Waals surface area contributed by atoms with Gasteiger partial charge in [-0.2, -0.15) is 0 Å². The fraction of sp³-hybridized carbons (Fsp3) is 0.333. The van der Waals surface area contributed by atoms with Crippen LogP contribution in [0.4, 0.5) is 0 Å². The summed E-state index contributed by atoms with van der Waals surface area (Å²) >= 11 is 0. The minimum atomic E-state index is 0. The number of aliphatic imine (C=N–C) groups is 1. The minimum absolute atomic E-state index is 0. The van der Waals surface area contributed by atoms with Crippen molar-refractivity contribution in [2.24, 2.45) is 4.99 Å². The predicted molar refractivity (Wildman–Crippen MR) is 122 cm³/mol. The van der Waals surface area contributed by atoms with Crippen LogP contribution < -0.4 is 5.32 Å². The van der Waals surface area contributed by atoms with Gasteiger partial charge in [-0.25, -0.2) is 4.98 Å². The Morgan fingerprint density at radius 3 is 2.74 bits per heavy atom. The van der Waals surface area contributed by atoms with Gasteiger partial charge in [-0.1, -0.05) is 36.4 Å². The molecule has 0 saturated heterocycles. The Labute approximate surface area is 177 Å². The largest absolute Gasteiger partial charge is 0.357 e. The summed E-state index contributed by atoms with van der Waals surface area (Å²) in [6.07, 6.45) is 1.89. The first-order chi connectivity index (χ1) is 12.8. The molecule has 0 spiro atoms. The monoisotopic (exact) mass is 475 g/mol. The van der Waals surface area contributed by atoms with Gasteiger partial charge in [0.25, 0.3) is 0 Å². The quantitative estimate of drug-likeness (QED) is 0.344. The zero-order valence-electron chi connectivity index (χ0n) is 15.6. The number of hydrogen-bond acceptors (Lipinski definition) is 2. The molecule has 0 atom stereocenters. The molecule has 6 heteroatoms. The average molecular weight is 475 g/mol. The number of nitrogens with one attached hydrogen (secondary N) is 2. The molecule has 0 aliphatic carbocycles. The molecule has 1 aromatic heterocycles. The number of H-pyrrole nitrogens is 1. The van der Waals surface area contributed by atoms with Gasteiger partial charge in [0.1, 0.15) is 5.82 Å². The van der Waals surface area contributed by atoms with Gasteiger partial charge in [-0.3, -0.25) is 4.99 Å². The van der Waals surface area contributed by atoms with Gasteiger partial charge in [0.05, 0.1) is 11.0 Å². The second-order valence-corrected chi connectivity index (χ2v) is 6.63. The lowest BCUT2D eigenvalue weighted by Crippen LogP contribution is -2.44. The van der Waals surface area contributed by atoms with Crippen LogP contribution in [0.2, 0.25) is 0 Å². The molecule has 2 N–H and O–H groups in total. The van der Waals surface area contributed by atoms with Crippen molar-refractivity contribution >= 4 is 41.0 Å². The van der Waals surface area contributed by atoms with Crippen LogP contribution in [-0.2, 0) is 19.4 Å². The zero-order chi connectivity index (χ0) is 17.8. The minimum Gasteiger partial charge on any atom is -0.357 e. The predicted octanol–water partition coefficient (Wildman–Crippen LogP) is 3.75. The van der Waals surface area contributed by atoms with Crippen molar-refractivity contribution in [1.29, 1.82) is 0 Å². The van der Waals surface area contributed by atoms with Gasteiger partial charge in [0.15, 0.2) is 5.96 Å². The van der Waals surface area contributed by atoms with Gasteiger partial charge in [0, 0.05) is 32.6 Å². The van der Waals surface area contributed by atoms with E-state index in [9.17, 15) is 0 Å². The number of hydrogen-bond donors (Lipinski definition) is 2. The summed E-state index contributed by atoms with van der Waals surface area (Å²) in [7, 11) is 0. The number of rotatable bonds is 4. The van der Waals surface area contributed by atoms with E-state index in [0.29, 0.717) is 0 Å². The smallest absolute Gasteiger partial charge is 0.194 e. The van der Waals surface area contributed by atoms with Crippen molar-refractivity contribution < 1.29 is 0 Å². The van der Waals surface area contributed by atoms with E-state index in [1.54, 1.807) is 0 Å². The standard InChI is InChI=1S/C21H25N5.HI/c1-2-22-21(26-14-12-16-7-3-4-8-17(16)15-26)23-13-11-20-24-18-9-5-6-10-19(18)25-20;/h3-10H,2,11-15H2,1H3,(H,22,23)(H,24,25);1H. The molecule has 2 aromatic carbocycles. The highest BCUT2D eigenvalue weighted by Gasteiger charge is 2.18. The summed E-state index contributed by atoms with van der Waals surface area (Å²) in [5, 5.41) is 3.44. The first-order valence-corrected chi connectivity index (χ1v) is 9.37. The Hall–Kier alpha value is -2.09. The summed E-state index contributed by atoms with van der Waals surface area (Å²) in [4.78, 5) is 15.2. The Morgan fingerprint density at radius 2 is 1.93 bits per heavy atom. The summed E-state index contributed by atoms with van der Waals surface area (Å²) in [6, 6.07) is 16.8. The van der Waals surface area contributed by atoms with Crippen molar-refractivity contribution in [3.05, 3.63) is 65.5 Å². The Balaban J connectivity index is 0.00000210. The highest BCUT2D eigenvalue weighted by Crippen LogP contribution is 2.18. The molecule has 0 radical (unpaired) electrons. The lowest BCUT2D eigenvalue weighted by Gasteiger charge is -2.31. The molecule has 0 saturated carbocycles. The van der Waals surface area contributed by atoms with Gasteiger partial charge < -0.3 is 15.2 Å². The molecule has 1 aliphatic heterocycles. The van der Waals surface area contributed by atoms with E-state index in [2.05, 4.69) is 57.4 Å². The van der Waals surface area contributed by atoms with Crippen LogP contribution in [0.5, 0.6) is 0 Å². The molecular weight excluding hydrogens is 449 g/mol. The second kappa shape index (κ2) is 9.21. The van der Waals surface area contributed by atoms with Gasteiger partial charge in [-0.15, -0.1) is 24.0 Å². The number of aromatic nitrogens is 2.